The summed E-state index contributed by atoms with van der Waals surface area (Å²) < 4.78 is 0.469. The van der Waals surface area contributed by atoms with Gasteiger partial charge in [0.05, 0.1) is 12.6 Å². The molecule has 0 spiro atoms. The van der Waals surface area contributed by atoms with Crippen molar-refractivity contribution < 1.29 is 23.9 Å². The second kappa shape index (κ2) is 9.11. The van der Waals surface area contributed by atoms with Crippen molar-refractivity contribution in [3.05, 3.63) is 35.3 Å². The molecular weight excluding hydrogens is 352 g/mol. The molecule has 1 aromatic rings. The number of carbonyl (C=O) groups is 4. The maximum Gasteiger partial charge on any atom is 0.320 e. The molecule has 146 valence electrons. The number of nitrogens with two attached hydrogens (primary N) is 1. The third-order valence-corrected chi connectivity index (χ3v) is 4.61. The molecule has 1 aliphatic heterocycles. The third-order valence-electron chi connectivity index (χ3n) is 4.61. The fourth-order valence-corrected chi connectivity index (χ4v) is 2.86. The number of nitrogens with one attached hydrogen (secondary N) is 1. The molecule has 3 amide bonds. The molecule has 1 aromatic heterocycles. The second-order valence-electron chi connectivity index (χ2n) is 6.71. The summed E-state index contributed by atoms with van der Waals surface area (Å²) in [5.74, 6) is -2.02. The number of primary amides is 1. The molecule has 1 aliphatic rings. The highest BCUT2D eigenvalue weighted by atomic mass is 16.5. The van der Waals surface area contributed by atoms with E-state index in [1.807, 2.05) is 0 Å². The Morgan fingerprint density at radius 3 is 2.81 bits per heavy atom. The Balaban J connectivity index is 1.94. The molecule has 0 saturated carbocycles. The van der Waals surface area contributed by atoms with E-state index >= 15 is 0 Å². The highest BCUT2D eigenvalue weighted by Gasteiger charge is 2.31. The lowest BCUT2D eigenvalue weighted by molar-refractivity contribution is -0.608. The number of hydrogen-bond donors (Lipinski definition) is 2. The van der Waals surface area contributed by atoms with Gasteiger partial charge in [-0.05, 0) is 25.3 Å². The van der Waals surface area contributed by atoms with Crippen LogP contribution in [0.5, 0.6) is 0 Å². The van der Waals surface area contributed by atoms with Crippen molar-refractivity contribution >= 4 is 23.5 Å². The third kappa shape index (κ3) is 5.50. The zero-order valence-electron chi connectivity index (χ0n) is 15.2. The van der Waals surface area contributed by atoms with Crippen molar-refractivity contribution in [1.29, 1.82) is 0 Å². The number of pyridine rings is 1. The minimum absolute atomic E-state index is 0.0479. The van der Waals surface area contributed by atoms with E-state index in [9.17, 15) is 24.4 Å². The van der Waals surface area contributed by atoms with Crippen LogP contribution in [0.15, 0.2) is 24.4 Å². The summed E-state index contributed by atoms with van der Waals surface area (Å²) in [5, 5.41) is 14.4. The van der Waals surface area contributed by atoms with Gasteiger partial charge in [0.15, 0.2) is 12.0 Å². The number of rotatable bonds is 6. The van der Waals surface area contributed by atoms with Crippen molar-refractivity contribution in [2.24, 2.45) is 11.7 Å². The molecule has 2 rings (SSSR count). The second-order valence-corrected chi connectivity index (χ2v) is 6.71. The molecule has 2 heterocycles. The average molecular weight is 376 g/mol. The minimum Gasteiger partial charge on any atom is -0.618 e. The van der Waals surface area contributed by atoms with Crippen LogP contribution in [0.25, 0.3) is 0 Å². The van der Waals surface area contributed by atoms with Gasteiger partial charge in [-0.1, -0.05) is 6.92 Å². The fourth-order valence-electron chi connectivity index (χ4n) is 2.86. The molecule has 3 N–H and O–H groups in total. The van der Waals surface area contributed by atoms with Gasteiger partial charge in [-0.3, -0.25) is 19.2 Å². The fraction of sp³-hybridized carbons (Fsp3) is 0.500. The van der Waals surface area contributed by atoms with Crippen LogP contribution in [0, 0.1) is 11.1 Å². The summed E-state index contributed by atoms with van der Waals surface area (Å²) in [6.45, 7) is 1.79. The predicted octanol–water partition coefficient (Wildman–Crippen LogP) is -0.488. The van der Waals surface area contributed by atoms with Crippen molar-refractivity contribution in [3.63, 3.8) is 0 Å². The monoisotopic (exact) mass is 376 g/mol. The molecule has 0 bridgehead atoms. The Bertz CT molecular complexity index is 736. The van der Waals surface area contributed by atoms with Crippen molar-refractivity contribution in [2.75, 3.05) is 13.1 Å². The standard InChI is InChI=1S/C18H24N4O5/c1-12(17(19)25)7-8-16(24)20-13-5-4-9-21(11-15(13)23)18(26)14-6-2-3-10-22(14)27/h2-3,6,10,12-13H,4-5,7-9,11H2,1H3,(H2,19,25)(H,20,24)/t12?,13-/m0/s1. The number of carbonyl (C=O) groups excluding carboxylic acids is 4. The lowest BCUT2D eigenvalue weighted by Crippen LogP contribution is -2.46. The lowest BCUT2D eigenvalue weighted by atomic mass is 10.0. The Hall–Kier alpha value is -2.97. The molecule has 9 heteroatoms. The van der Waals surface area contributed by atoms with E-state index < -0.39 is 23.8 Å². The SMILES string of the molecule is CC(CCC(=O)N[C@H]1CCCN(C(=O)c2cccc[n+]2[O-])CC1=O)C(N)=O. The van der Waals surface area contributed by atoms with Gasteiger partial charge in [-0.25, -0.2) is 0 Å². The van der Waals surface area contributed by atoms with Crippen molar-refractivity contribution in [1.82, 2.24) is 10.2 Å². The van der Waals surface area contributed by atoms with E-state index in [4.69, 9.17) is 5.73 Å². The molecule has 1 saturated heterocycles. The van der Waals surface area contributed by atoms with Gasteiger partial charge in [0, 0.05) is 31.0 Å². The Morgan fingerprint density at radius 1 is 1.41 bits per heavy atom. The van der Waals surface area contributed by atoms with Gasteiger partial charge in [-0.2, -0.15) is 4.73 Å². The van der Waals surface area contributed by atoms with E-state index in [2.05, 4.69) is 5.32 Å². The highest BCUT2D eigenvalue weighted by molar-refractivity contribution is 5.97. The van der Waals surface area contributed by atoms with Crippen LogP contribution >= 0.6 is 0 Å². The number of amides is 3. The lowest BCUT2D eigenvalue weighted by Gasteiger charge is -2.19. The van der Waals surface area contributed by atoms with E-state index in [-0.39, 0.29) is 30.3 Å². The van der Waals surface area contributed by atoms with Gasteiger partial charge in [0.1, 0.15) is 0 Å². The molecule has 27 heavy (non-hydrogen) atoms. The number of ketones is 1. The van der Waals surface area contributed by atoms with E-state index in [1.54, 1.807) is 13.0 Å². The maximum absolute atomic E-state index is 12.5. The number of aromatic nitrogens is 1. The van der Waals surface area contributed by atoms with Crippen LogP contribution in [0.2, 0.25) is 0 Å². The number of Topliss-reactive ketones (excluding diaryl/α,β-unsaturated/α-hetero) is 1. The summed E-state index contributed by atoms with van der Waals surface area (Å²) >= 11 is 0. The van der Waals surface area contributed by atoms with Gasteiger partial charge >= 0.3 is 5.91 Å². The zero-order valence-corrected chi connectivity index (χ0v) is 15.2. The van der Waals surface area contributed by atoms with E-state index in [0.717, 1.165) is 0 Å². The summed E-state index contributed by atoms with van der Waals surface area (Å²) in [6, 6.07) is 3.82. The van der Waals surface area contributed by atoms with Gasteiger partial charge in [0.2, 0.25) is 11.8 Å². The first-order valence-corrected chi connectivity index (χ1v) is 8.88. The summed E-state index contributed by atoms with van der Waals surface area (Å²) in [4.78, 5) is 49.3. The van der Waals surface area contributed by atoms with Crippen LogP contribution in [0.3, 0.4) is 0 Å². The molecule has 1 unspecified atom stereocenters. The summed E-state index contributed by atoms with van der Waals surface area (Å²) in [6.07, 6.45) is 2.56. The normalized spacial score (nSPS) is 18.5. The van der Waals surface area contributed by atoms with E-state index in [0.29, 0.717) is 30.5 Å². The topological polar surface area (TPSA) is 137 Å². The Morgan fingerprint density at radius 2 is 2.15 bits per heavy atom. The molecule has 2 atom stereocenters. The van der Waals surface area contributed by atoms with Crippen LogP contribution in [-0.2, 0) is 14.4 Å². The summed E-state index contributed by atoms with van der Waals surface area (Å²) in [7, 11) is 0. The first kappa shape index (κ1) is 20.3. The highest BCUT2D eigenvalue weighted by Crippen LogP contribution is 2.12. The average Bonchev–Trinajstić information content (AvgIpc) is 2.81. The molecule has 9 nitrogen and oxygen atoms in total. The molecule has 1 fully saturated rings. The largest absolute Gasteiger partial charge is 0.618 e. The Labute approximate surface area is 157 Å². The number of nitrogens with zero attached hydrogens (tertiary/aromatic N) is 2. The quantitative estimate of drug-likeness (QED) is 0.510. The minimum atomic E-state index is -0.686. The predicted molar refractivity (Wildman–Crippen MR) is 95.1 cm³/mol. The molecule has 0 aliphatic carbocycles. The van der Waals surface area contributed by atoms with Crippen molar-refractivity contribution in [2.45, 2.75) is 38.6 Å². The molecule has 0 aromatic carbocycles. The maximum atomic E-state index is 12.5. The number of hydrogen-bond acceptors (Lipinski definition) is 5. The van der Waals surface area contributed by atoms with Gasteiger partial charge < -0.3 is 21.2 Å². The number of likely N-dealkylation sites (tertiary alicyclic amines) is 1. The first-order valence-electron chi connectivity index (χ1n) is 8.88. The van der Waals surface area contributed by atoms with Gasteiger partial charge in [-0.15, -0.1) is 0 Å². The first-order chi connectivity index (χ1) is 12.8. The van der Waals surface area contributed by atoms with Crippen LogP contribution in [0.1, 0.15) is 43.1 Å². The molecular formula is C18H24N4O5. The van der Waals surface area contributed by atoms with Crippen LogP contribution in [0.4, 0.5) is 0 Å². The van der Waals surface area contributed by atoms with E-state index in [1.165, 1.54) is 23.2 Å². The van der Waals surface area contributed by atoms with Crippen LogP contribution < -0.4 is 15.8 Å². The summed E-state index contributed by atoms with van der Waals surface area (Å²) in [5.41, 5.74) is 5.12. The Kier molecular flexibility index (Phi) is 6.86. The van der Waals surface area contributed by atoms with Crippen LogP contribution in [-0.4, -0.2) is 47.5 Å². The smallest absolute Gasteiger partial charge is 0.320 e. The van der Waals surface area contributed by atoms with Crippen molar-refractivity contribution in [3.8, 4) is 0 Å². The molecule has 0 radical (unpaired) electrons. The zero-order chi connectivity index (χ0) is 20.0. The van der Waals surface area contributed by atoms with Gasteiger partial charge in [0.25, 0.3) is 5.69 Å².